The molecule has 0 fully saturated rings. The highest BCUT2D eigenvalue weighted by Gasteiger charge is 2.11. The van der Waals surface area contributed by atoms with Crippen molar-refractivity contribution in [3.8, 4) is 11.4 Å². The van der Waals surface area contributed by atoms with Gasteiger partial charge >= 0.3 is 0 Å². The van der Waals surface area contributed by atoms with Crippen LogP contribution in [-0.2, 0) is 11.3 Å². The van der Waals surface area contributed by atoms with Crippen LogP contribution in [0.3, 0.4) is 0 Å². The monoisotopic (exact) mass is 261 g/mol. The van der Waals surface area contributed by atoms with E-state index in [1.807, 2.05) is 0 Å². The van der Waals surface area contributed by atoms with E-state index in [-0.39, 0.29) is 18.1 Å². The number of hydrogen-bond acceptors (Lipinski definition) is 5. The number of rotatable bonds is 4. The number of hydrogen-bond donors (Lipinski definition) is 1. The summed E-state index contributed by atoms with van der Waals surface area (Å²) in [4.78, 5) is 25.4. The van der Waals surface area contributed by atoms with E-state index in [0.29, 0.717) is 11.4 Å². The molecule has 1 heterocycles. The van der Waals surface area contributed by atoms with Gasteiger partial charge in [-0.15, -0.1) is 0 Å². The lowest BCUT2D eigenvalue weighted by atomic mass is 10.2. The Morgan fingerprint density at radius 3 is 3.00 bits per heavy atom. The van der Waals surface area contributed by atoms with Crippen molar-refractivity contribution in [1.82, 2.24) is 20.1 Å². The van der Waals surface area contributed by atoms with Gasteiger partial charge in [0.15, 0.2) is 5.82 Å². The van der Waals surface area contributed by atoms with Crippen LogP contribution in [0.4, 0.5) is 5.69 Å². The summed E-state index contributed by atoms with van der Waals surface area (Å²) in [5.41, 5.74) is 0.505. The lowest BCUT2D eigenvalue weighted by molar-refractivity contribution is -0.384. The molecule has 0 spiro atoms. The molecule has 0 saturated carbocycles. The Balaban J connectivity index is 2.25. The summed E-state index contributed by atoms with van der Waals surface area (Å²) in [7, 11) is 1.53. The first-order valence-corrected chi connectivity index (χ1v) is 5.45. The van der Waals surface area contributed by atoms with Crippen LogP contribution in [-0.4, -0.2) is 32.6 Å². The quantitative estimate of drug-likeness (QED) is 0.641. The third-order valence-corrected chi connectivity index (χ3v) is 2.44. The highest BCUT2D eigenvalue weighted by atomic mass is 16.6. The molecule has 0 atom stereocenters. The molecule has 2 aromatic rings. The van der Waals surface area contributed by atoms with E-state index in [4.69, 9.17) is 0 Å². The fourth-order valence-corrected chi connectivity index (χ4v) is 1.49. The summed E-state index contributed by atoms with van der Waals surface area (Å²) in [6.07, 6.45) is 1.41. The normalized spacial score (nSPS) is 10.2. The van der Waals surface area contributed by atoms with Crippen LogP contribution in [0.15, 0.2) is 30.6 Å². The minimum atomic E-state index is -0.481. The number of likely N-dealkylation sites (N-methyl/N-ethyl adjacent to an activating group) is 1. The van der Waals surface area contributed by atoms with Crippen LogP contribution >= 0.6 is 0 Å². The zero-order valence-corrected chi connectivity index (χ0v) is 10.1. The molecule has 0 radical (unpaired) electrons. The number of nitro groups is 1. The Bertz CT molecular complexity index is 622. The number of carbonyl (C=O) groups is 1. The first-order chi connectivity index (χ1) is 9.10. The molecule has 0 aliphatic rings. The van der Waals surface area contributed by atoms with Crippen LogP contribution in [0.25, 0.3) is 11.4 Å². The van der Waals surface area contributed by atoms with Crippen LogP contribution in [0, 0.1) is 10.1 Å². The van der Waals surface area contributed by atoms with Gasteiger partial charge in [-0.25, -0.2) is 9.67 Å². The fraction of sp³-hybridized carbons (Fsp3) is 0.182. The lowest BCUT2D eigenvalue weighted by Crippen LogP contribution is -2.23. The van der Waals surface area contributed by atoms with Gasteiger partial charge in [0.25, 0.3) is 5.69 Å². The van der Waals surface area contributed by atoms with E-state index in [1.54, 1.807) is 12.1 Å². The molecule has 19 heavy (non-hydrogen) atoms. The molecule has 0 bridgehead atoms. The second-order valence-electron chi connectivity index (χ2n) is 3.75. The van der Waals surface area contributed by atoms with E-state index in [1.165, 1.54) is 30.2 Å². The second kappa shape index (κ2) is 5.25. The number of non-ortho nitro benzene ring substituents is 1. The van der Waals surface area contributed by atoms with Gasteiger partial charge in [0.2, 0.25) is 5.91 Å². The average molecular weight is 261 g/mol. The molecular weight excluding hydrogens is 250 g/mol. The maximum atomic E-state index is 11.2. The maximum Gasteiger partial charge on any atom is 0.270 e. The Morgan fingerprint density at radius 2 is 2.32 bits per heavy atom. The Morgan fingerprint density at radius 1 is 1.53 bits per heavy atom. The van der Waals surface area contributed by atoms with Crippen molar-refractivity contribution in [2.45, 2.75) is 6.54 Å². The van der Waals surface area contributed by atoms with Gasteiger partial charge in [-0.3, -0.25) is 14.9 Å². The number of nitrogens with one attached hydrogen (secondary N) is 1. The van der Waals surface area contributed by atoms with Crippen molar-refractivity contribution in [2.75, 3.05) is 7.05 Å². The molecule has 8 nitrogen and oxygen atoms in total. The van der Waals surface area contributed by atoms with E-state index in [0.717, 1.165) is 0 Å². The molecule has 0 aliphatic heterocycles. The highest BCUT2D eigenvalue weighted by molar-refractivity contribution is 5.75. The summed E-state index contributed by atoms with van der Waals surface area (Å²) in [6, 6.07) is 6.02. The van der Waals surface area contributed by atoms with Gasteiger partial charge in [-0.1, -0.05) is 12.1 Å². The Kier molecular flexibility index (Phi) is 3.51. The minimum Gasteiger partial charge on any atom is -0.358 e. The molecular formula is C11H11N5O3. The summed E-state index contributed by atoms with van der Waals surface area (Å²) < 4.78 is 1.37. The highest BCUT2D eigenvalue weighted by Crippen LogP contribution is 2.20. The predicted molar refractivity (Wildman–Crippen MR) is 66.2 cm³/mol. The first kappa shape index (κ1) is 12.7. The number of amides is 1. The van der Waals surface area contributed by atoms with Gasteiger partial charge in [-0.2, -0.15) is 5.10 Å². The van der Waals surface area contributed by atoms with Crippen molar-refractivity contribution < 1.29 is 9.72 Å². The summed E-state index contributed by atoms with van der Waals surface area (Å²) in [5.74, 6) is 0.142. The maximum absolute atomic E-state index is 11.2. The number of benzene rings is 1. The van der Waals surface area contributed by atoms with E-state index < -0.39 is 4.92 Å². The van der Waals surface area contributed by atoms with Gasteiger partial charge in [-0.05, 0) is 0 Å². The molecule has 8 heteroatoms. The van der Waals surface area contributed by atoms with Crippen molar-refractivity contribution in [3.63, 3.8) is 0 Å². The topological polar surface area (TPSA) is 103 Å². The molecule has 1 amide bonds. The smallest absolute Gasteiger partial charge is 0.270 e. The molecule has 2 rings (SSSR count). The zero-order chi connectivity index (χ0) is 13.8. The van der Waals surface area contributed by atoms with E-state index in [2.05, 4.69) is 15.4 Å². The number of nitrogens with zero attached hydrogens (tertiary/aromatic N) is 4. The molecule has 0 saturated heterocycles. The summed E-state index contributed by atoms with van der Waals surface area (Å²) in [6.45, 7) is 0.0540. The van der Waals surface area contributed by atoms with Crippen LogP contribution in [0.1, 0.15) is 0 Å². The predicted octanol–water partition coefficient (Wildman–Crippen LogP) is 0.599. The molecule has 0 unspecified atom stereocenters. The second-order valence-corrected chi connectivity index (χ2v) is 3.75. The SMILES string of the molecule is CNC(=O)Cn1cnc(-c2cccc([N+](=O)[O-])c2)n1. The summed E-state index contributed by atoms with van der Waals surface area (Å²) >= 11 is 0. The Labute approximate surface area is 108 Å². The van der Waals surface area contributed by atoms with Crippen molar-refractivity contribution >= 4 is 11.6 Å². The van der Waals surface area contributed by atoms with Crippen LogP contribution in [0.2, 0.25) is 0 Å². The third-order valence-electron chi connectivity index (χ3n) is 2.44. The van der Waals surface area contributed by atoms with Crippen molar-refractivity contribution in [2.24, 2.45) is 0 Å². The number of aromatic nitrogens is 3. The van der Waals surface area contributed by atoms with E-state index in [9.17, 15) is 14.9 Å². The molecule has 1 aromatic heterocycles. The number of nitro benzene ring substituents is 1. The summed E-state index contributed by atoms with van der Waals surface area (Å²) in [5, 5.41) is 17.2. The van der Waals surface area contributed by atoms with Gasteiger partial charge < -0.3 is 5.32 Å². The fourth-order valence-electron chi connectivity index (χ4n) is 1.49. The van der Waals surface area contributed by atoms with E-state index >= 15 is 0 Å². The standard InChI is InChI=1S/C11H11N5O3/c1-12-10(17)6-15-7-13-11(14-15)8-3-2-4-9(5-8)16(18)19/h2-5,7H,6H2,1H3,(H,12,17). The molecule has 0 aliphatic carbocycles. The lowest BCUT2D eigenvalue weighted by Gasteiger charge is -1.98. The number of carbonyl (C=O) groups excluding carboxylic acids is 1. The average Bonchev–Trinajstić information content (AvgIpc) is 2.87. The van der Waals surface area contributed by atoms with Gasteiger partial charge in [0.05, 0.1) is 4.92 Å². The first-order valence-electron chi connectivity index (χ1n) is 5.45. The zero-order valence-electron chi connectivity index (χ0n) is 10.1. The molecule has 1 N–H and O–H groups in total. The van der Waals surface area contributed by atoms with Gasteiger partial charge in [0.1, 0.15) is 12.9 Å². The Hall–Kier alpha value is -2.77. The van der Waals surface area contributed by atoms with Crippen molar-refractivity contribution in [3.05, 3.63) is 40.7 Å². The van der Waals surface area contributed by atoms with Crippen molar-refractivity contribution in [1.29, 1.82) is 0 Å². The third kappa shape index (κ3) is 2.92. The molecule has 1 aromatic carbocycles. The largest absolute Gasteiger partial charge is 0.358 e. The van der Waals surface area contributed by atoms with Crippen LogP contribution in [0.5, 0.6) is 0 Å². The minimum absolute atomic E-state index is 0.0276. The molecule has 98 valence electrons. The van der Waals surface area contributed by atoms with Crippen LogP contribution < -0.4 is 5.32 Å². The van der Waals surface area contributed by atoms with Gasteiger partial charge in [0, 0.05) is 24.7 Å².